The molecule has 4 atom stereocenters. The van der Waals surface area contributed by atoms with Crippen LogP contribution in [0.15, 0.2) is 87.0 Å². The maximum Gasteiger partial charge on any atom is 0.123 e. The standard InChI is InChI=1S/C36H46O7/c1-5-9-13-37-29-17-27(18-30(23-29)38-14-10-6-2)21-33(35-25-41-35)43-34(36-26-42-36)22-28-19-31(39-15-11-7-3)24-32(20-28)40-16-12-8-4/h5-8,17-20,23-24,33-36H,1-4,9-16,21-22,25-26H2. The van der Waals surface area contributed by atoms with Crippen LogP contribution in [0.3, 0.4) is 0 Å². The molecule has 4 rings (SSSR count). The molecule has 43 heavy (non-hydrogen) atoms. The maximum absolute atomic E-state index is 6.79. The summed E-state index contributed by atoms with van der Waals surface area (Å²) in [5.74, 6) is 3.07. The lowest BCUT2D eigenvalue weighted by Crippen LogP contribution is -2.33. The van der Waals surface area contributed by atoms with Crippen LogP contribution in [-0.2, 0) is 27.1 Å². The van der Waals surface area contributed by atoms with Crippen molar-refractivity contribution in [3.05, 3.63) is 98.1 Å². The fourth-order valence-corrected chi connectivity index (χ4v) is 4.63. The van der Waals surface area contributed by atoms with Crippen molar-refractivity contribution in [3.8, 4) is 23.0 Å². The highest BCUT2D eigenvalue weighted by Gasteiger charge is 2.41. The van der Waals surface area contributed by atoms with E-state index in [1.165, 1.54) is 0 Å². The van der Waals surface area contributed by atoms with Crippen molar-refractivity contribution in [1.82, 2.24) is 0 Å². The summed E-state index contributed by atoms with van der Waals surface area (Å²) in [4.78, 5) is 0. The zero-order chi connectivity index (χ0) is 30.3. The van der Waals surface area contributed by atoms with Crippen LogP contribution in [0.5, 0.6) is 23.0 Å². The van der Waals surface area contributed by atoms with Gasteiger partial charge in [-0.25, -0.2) is 0 Å². The first-order valence-corrected chi connectivity index (χ1v) is 15.2. The van der Waals surface area contributed by atoms with Gasteiger partial charge in [0, 0.05) is 25.0 Å². The van der Waals surface area contributed by atoms with Crippen LogP contribution in [-0.4, -0.2) is 64.1 Å². The minimum absolute atomic E-state index is 0.0306. The van der Waals surface area contributed by atoms with E-state index in [0.29, 0.717) is 52.5 Å². The topological polar surface area (TPSA) is 71.2 Å². The molecule has 2 aromatic carbocycles. The van der Waals surface area contributed by atoms with Gasteiger partial charge in [-0.05, 0) is 61.1 Å². The Hall–Kier alpha value is -3.52. The molecule has 7 nitrogen and oxygen atoms in total. The molecule has 7 heteroatoms. The smallest absolute Gasteiger partial charge is 0.123 e. The van der Waals surface area contributed by atoms with Gasteiger partial charge < -0.3 is 33.2 Å². The zero-order valence-corrected chi connectivity index (χ0v) is 25.3. The molecule has 0 N–H and O–H groups in total. The highest BCUT2D eigenvalue weighted by molar-refractivity contribution is 5.40. The van der Waals surface area contributed by atoms with Gasteiger partial charge in [-0.3, -0.25) is 0 Å². The summed E-state index contributed by atoms with van der Waals surface area (Å²) in [5.41, 5.74) is 2.13. The van der Waals surface area contributed by atoms with Crippen LogP contribution in [0.4, 0.5) is 0 Å². The average molecular weight is 591 g/mol. The van der Waals surface area contributed by atoms with E-state index in [2.05, 4.69) is 50.6 Å². The van der Waals surface area contributed by atoms with E-state index in [1.54, 1.807) is 0 Å². The Kier molecular flexibility index (Phi) is 13.2. The van der Waals surface area contributed by atoms with Crippen LogP contribution in [0.1, 0.15) is 36.8 Å². The zero-order valence-electron chi connectivity index (χ0n) is 25.3. The van der Waals surface area contributed by atoms with Crippen molar-refractivity contribution >= 4 is 0 Å². The first-order chi connectivity index (χ1) is 21.1. The van der Waals surface area contributed by atoms with Crippen LogP contribution >= 0.6 is 0 Å². The fourth-order valence-electron chi connectivity index (χ4n) is 4.63. The average Bonchev–Trinajstić information content (AvgIpc) is 3.91. The second-order valence-corrected chi connectivity index (χ2v) is 10.7. The Morgan fingerprint density at radius 2 is 0.860 bits per heavy atom. The summed E-state index contributed by atoms with van der Waals surface area (Å²) >= 11 is 0. The van der Waals surface area contributed by atoms with Gasteiger partial charge in [0.1, 0.15) is 35.2 Å². The molecule has 2 aliphatic heterocycles. The summed E-state index contributed by atoms with van der Waals surface area (Å²) in [7, 11) is 0. The first-order valence-electron chi connectivity index (χ1n) is 15.2. The summed E-state index contributed by atoms with van der Waals surface area (Å²) in [5, 5.41) is 0. The van der Waals surface area contributed by atoms with E-state index >= 15 is 0 Å². The maximum atomic E-state index is 6.79. The lowest BCUT2D eigenvalue weighted by molar-refractivity contribution is -0.0369. The van der Waals surface area contributed by atoms with E-state index in [9.17, 15) is 0 Å². The van der Waals surface area contributed by atoms with E-state index in [-0.39, 0.29) is 24.4 Å². The molecule has 232 valence electrons. The van der Waals surface area contributed by atoms with Crippen molar-refractivity contribution in [1.29, 1.82) is 0 Å². The molecule has 0 bridgehead atoms. The fraction of sp³-hybridized carbons (Fsp3) is 0.444. The van der Waals surface area contributed by atoms with Crippen molar-refractivity contribution in [2.24, 2.45) is 0 Å². The SMILES string of the molecule is C=CCCOc1cc(CC(OC(Cc2cc(OCCC=C)cc(OCCC=C)c2)C2CO2)C2CO2)cc(OCCC=C)c1. The number of hydrogen-bond acceptors (Lipinski definition) is 7. The largest absolute Gasteiger partial charge is 0.493 e. The van der Waals surface area contributed by atoms with Crippen LogP contribution in [0, 0.1) is 0 Å². The molecule has 2 heterocycles. The van der Waals surface area contributed by atoms with Crippen LogP contribution in [0.2, 0.25) is 0 Å². The Bertz CT molecular complexity index is 1030. The molecule has 0 aromatic heterocycles. The first kappa shape index (κ1) is 32.4. The van der Waals surface area contributed by atoms with Crippen LogP contribution < -0.4 is 18.9 Å². The second-order valence-electron chi connectivity index (χ2n) is 10.7. The van der Waals surface area contributed by atoms with E-state index in [1.807, 2.05) is 36.4 Å². The summed E-state index contributed by atoms with van der Waals surface area (Å²) in [6.07, 6.45) is 11.5. The van der Waals surface area contributed by atoms with Gasteiger partial charge in [-0.1, -0.05) is 24.3 Å². The van der Waals surface area contributed by atoms with Gasteiger partial charge >= 0.3 is 0 Å². The quantitative estimate of drug-likeness (QED) is 0.0753. The summed E-state index contributed by atoms with van der Waals surface area (Å²) in [6.45, 7) is 18.7. The third-order valence-electron chi connectivity index (χ3n) is 7.01. The molecular weight excluding hydrogens is 544 g/mol. The minimum Gasteiger partial charge on any atom is -0.493 e. The summed E-state index contributed by atoms with van der Waals surface area (Å²) in [6, 6.07) is 12.1. The van der Waals surface area contributed by atoms with E-state index in [4.69, 9.17) is 33.2 Å². The van der Waals surface area contributed by atoms with Gasteiger partial charge in [0.25, 0.3) is 0 Å². The third kappa shape index (κ3) is 11.6. The third-order valence-corrected chi connectivity index (χ3v) is 7.01. The number of rotatable bonds is 24. The van der Waals surface area contributed by atoms with Gasteiger partial charge in [0.05, 0.1) is 51.8 Å². The predicted octanol–water partition coefficient (Wildman–Crippen LogP) is 6.84. The minimum atomic E-state index is -0.144. The monoisotopic (exact) mass is 590 g/mol. The molecule has 2 saturated heterocycles. The van der Waals surface area contributed by atoms with Crippen LogP contribution in [0.25, 0.3) is 0 Å². The van der Waals surface area contributed by atoms with Crippen molar-refractivity contribution in [2.75, 3.05) is 39.6 Å². The number of hydrogen-bond donors (Lipinski definition) is 0. The lowest BCUT2D eigenvalue weighted by atomic mass is 10.0. The Balaban J connectivity index is 1.49. The number of epoxide rings is 2. The number of benzene rings is 2. The molecule has 4 unspecified atom stereocenters. The molecule has 2 aromatic rings. The van der Waals surface area contributed by atoms with Crippen molar-refractivity contribution in [2.45, 2.75) is 62.9 Å². The molecule has 0 saturated carbocycles. The number of ether oxygens (including phenoxy) is 7. The molecule has 0 radical (unpaired) electrons. The van der Waals surface area contributed by atoms with E-state index < -0.39 is 0 Å². The molecule has 0 spiro atoms. The normalized spacial score (nSPS) is 18.1. The van der Waals surface area contributed by atoms with Crippen molar-refractivity contribution in [3.63, 3.8) is 0 Å². The Labute approximate surface area is 256 Å². The van der Waals surface area contributed by atoms with Gasteiger partial charge in [0.2, 0.25) is 0 Å². The summed E-state index contributed by atoms with van der Waals surface area (Å²) < 4.78 is 42.3. The highest BCUT2D eigenvalue weighted by atomic mass is 16.6. The molecule has 0 aliphatic carbocycles. The Morgan fingerprint density at radius 1 is 0.558 bits per heavy atom. The predicted molar refractivity (Wildman–Crippen MR) is 170 cm³/mol. The molecule has 0 amide bonds. The van der Waals surface area contributed by atoms with Crippen molar-refractivity contribution < 1.29 is 33.2 Å². The lowest BCUT2D eigenvalue weighted by Gasteiger charge is -2.24. The van der Waals surface area contributed by atoms with E-state index in [0.717, 1.165) is 59.8 Å². The van der Waals surface area contributed by atoms with Gasteiger partial charge in [-0.15, -0.1) is 26.3 Å². The highest BCUT2D eigenvalue weighted by Crippen LogP contribution is 2.32. The van der Waals surface area contributed by atoms with Gasteiger partial charge in [-0.2, -0.15) is 0 Å². The Morgan fingerprint density at radius 3 is 1.12 bits per heavy atom. The second kappa shape index (κ2) is 17.6. The molecular formula is C36H46O7. The molecule has 2 fully saturated rings. The molecule has 2 aliphatic rings. The van der Waals surface area contributed by atoms with Gasteiger partial charge in [0.15, 0.2) is 0 Å².